The number of alkyl halides is 3. The van der Waals surface area contributed by atoms with Crippen LogP contribution < -0.4 is 5.73 Å². The van der Waals surface area contributed by atoms with E-state index in [-0.39, 0.29) is 0 Å². The maximum absolute atomic E-state index is 12.7. The molecule has 1 aromatic carbocycles. The fourth-order valence-corrected chi connectivity index (χ4v) is 2.78. The first-order chi connectivity index (χ1) is 8.39. The Bertz CT molecular complexity index is 537. The van der Waals surface area contributed by atoms with Gasteiger partial charge in [0.2, 0.25) is 0 Å². The van der Waals surface area contributed by atoms with E-state index in [1.54, 1.807) is 0 Å². The molecule has 6 heteroatoms. The molecule has 18 heavy (non-hydrogen) atoms. The van der Waals surface area contributed by atoms with Gasteiger partial charge in [0.1, 0.15) is 0 Å². The van der Waals surface area contributed by atoms with E-state index in [1.165, 1.54) is 17.4 Å². The zero-order chi connectivity index (χ0) is 13.3. The fraction of sp³-hybridized carbons (Fsp3) is 0.167. The Kier molecular flexibility index (Phi) is 3.79. The predicted molar refractivity (Wildman–Crippen MR) is 69.5 cm³/mol. The highest BCUT2D eigenvalue weighted by Crippen LogP contribution is 2.35. The minimum Gasteiger partial charge on any atom is -0.320 e. The number of halogens is 4. The lowest BCUT2D eigenvalue weighted by Crippen LogP contribution is -2.14. The molecule has 0 aliphatic heterocycles. The van der Waals surface area contributed by atoms with Crippen molar-refractivity contribution >= 4 is 27.3 Å². The van der Waals surface area contributed by atoms with Gasteiger partial charge < -0.3 is 5.73 Å². The van der Waals surface area contributed by atoms with Crippen molar-refractivity contribution in [2.45, 2.75) is 12.2 Å². The molecule has 2 N–H and O–H groups in total. The van der Waals surface area contributed by atoms with Crippen molar-refractivity contribution < 1.29 is 13.2 Å². The lowest BCUT2D eigenvalue weighted by Gasteiger charge is -2.15. The van der Waals surface area contributed by atoms with Crippen LogP contribution in [0.1, 0.15) is 22.7 Å². The second-order valence-electron chi connectivity index (χ2n) is 3.77. The second kappa shape index (κ2) is 5.03. The Morgan fingerprint density at radius 1 is 1.22 bits per heavy atom. The SMILES string of the molecule is N[C@@H](c1ccsc1)c1cc(C(F)(F)F)ccc1Br. The first-order valence-corrected chi connectivity index (χ1v) is 6.77. The van der Waals surface area contributed by atoms with Gasteiger partial charge in [-0.1, -0.05) is 15.9 Å². The fourth-order valence-electron chi connectivity index (χ4n) is 1.59. The molecular weight excluding hydrogens is 327 g/mol. The number of hydrogen-bond donors (Lipinski definition) is 1. The molecule has 1 aromatic heterocycles. The number of rotatable bonds is 2. The van der Waals surface area contributed by atoms with Crippen molar-refractivity contribution in [1.82, 2.24) is 0 Å². The third kappa shape index (κ3) is 2.76. The van der Waals surface area contributed by atoms with Gasteiger partial charge in [0, 0.05) is 4.47 Å². The van der Waals surface area contributed by atoms with Gasteiger partial charge in [-0.15, -0.1) is 0 Å². The van der Waals surface area contributed by atoms with Crippen LogP contribution in [0, 0.1) is 0 Å². The van der Waals surface area contributed by atoms with Crippen LogP contribution in [0.3, 0.4) is 0 Å². The number of hydrogen-bond acceptors (Lipinski definition) is 2. The number of benzene rings is 1. The van der Waals surface area contributed by atoms with E-state index in [9.17, 15) is 13.2 Å². The Balaban J connectivity index is 2.44. The van der Waals surface area contributed by atoms with Gasteiger partial charge >= 0.3 is 6.18 Å². The minimum atomic E-state index is -4.36. The van der Waals surface area contributed by atoms with Crippen LogP contribution in [-0.4, -0.2) is 0 Å². The summed E-state index contributed by atoms with van der Waals surface area (Å²) < 4.78 is 38.5. The van der Waals surface area contributed by atoms with Crippen molar-refractivity contribution in [3.05, 3.63) is 56.2 Å². The number of nitrogens with two attached hydrogens (primary N) is 1. The Hall–Kier alpha value is -0.850. The van der Waals surface area contributed by atoms with Crippen LogP contribution in [0.15, 0.2) is 39.5 Å². The van der Waals surface area contributed by atoms with Gasteiger partial charge in [0.25, 0.3) is 0 Å². The van der Waals surface area contributed by atoms with E-state index >= 15 is 0 Å². The van der Waals surface area contributed by atoms with Crippen LogP contribution in [-0.2, 0) is 6.18 Å². The van der Waals surface area contributed by atoms with E-state index in [1.807, 2.05) is 16.8 Å². The lowest BCUT2D eigenvalue weighted by molar-refractivity contribution is -0.137. The summed E-state index contributed by atoms with van der Waals surface area (Å²) in [5, 5.41) is 3.67. The number of thiophene rings is 1. The summed E-state index contributed by atoms with van der Waals surface area (Å²) in [7, 11) is 0. The zero-order valence-corrected chi connectivity index (χ0v) is 11.4. The maximum atomic E-state index is 12.7. The molecule has 0 unspecified atom stereocenters. The third-order valence-corrected chi connectivity index (χ3v) is 3.98. The summed E-state index contributed by atoms with van der Waals surface area (Å²) >= 11 is 4.70. The molecule has 0 fully saturated rings. The normalized spacial score (nSPS) is 13.6. The first kappa shape index (κ1) is 13.6. The Morgan fingerprint density at radius 3 is 2.50 bits per heavy atom. The van der Waals surface area contributed by atoms with Gasteiger partial charge in [-0.3, -0.25) is 0 Å². The van der Waals surface area contributed by atoms with Crippen LogP contribution in [0.2, 0.25) is 0 Å². The summed E-state index contributed by atoms with van der Waals surface area (Å²) in [6.45, 7) is 0. The molecule has 0 amide bonds. The molecule has 0 saturated carbocycles. The average Bonchev–Trinajstić information content (AvgIpc) is 2.80. The molecule has 2 rings (SSSR count). The van der Waals surface area contributed by atoms with E-state index < -0.39 is 17.8 Å². The summed E-state index contributed by atoms with van der Waals surface area (Å²) in [5.74, 6) is 0. The average molecular weight is 336 g/mol. The quantitative estimate of drug-likeness (QED) is 0.854. The Labute approximate surface area is 115 Å². The van der Waals surface area contributed by atoms with E-state index in [0.717, 1.165) is 17.7 Å². The highest BCUT2D eigenvalue weighted by atomic mass is 79.9. The molecule has 1 nitrogen and oxygen atoms in total. The van der Waals surface area contributed by atoms with Gasteiger partial charge in [-0.05, 0) is 46.2 Å². The van der Waals surface area contributed by atoms with Crippen LogP contribution in [0.4, 0.5) is 13.2 Å². The molecule has 1 atom stereocenters. The molecule has 1 heterocycles. The van der Waals surface area contributed by atoms with Crippen molar-refractivity contribution in [2.75, 3.05) is 0 Å². The van der Waals surface area contributed by atoms with E-state index in [0.29, 0.717) is 10.0 Å². The Morgan fingerprint density at radius 2 is 1.94 bits per heavy atom. The summed E-state index contributed by atoms with van der Waals surface area (Å²) in [6, 6.07) is 4.75. The molecule has 96 valence electrons. The summed E-state index contributed by atoms with van der Waals surface area (Å²) in [4.78, 5) is 0. The van der Waals surface area contributed by atoms with Crippen molar-refractivity contribution in [1.29, 1.82) is 0 Å². The maximum Gasteiger partial charge on any atom is 0.416 e. The van der Waals surface area contributed by atoms with Crippen molar-refractivity contribution in [2.24, 2.45) is 5.73 Å². The van der Waals surface area contributed by atoms with Gasteiger partial charge in [0.05, 0.1) is 11.6 Å². The third-order valence-electron chi connectivity index (χ3n) is 2.56. The highest BCUT2D eigenvalue weighted by Gasteiger charge is 2.31. The highest BCUT2D eigenvalue weighted by molar-refractivity contribution is 9.10. The van der Waals surface area contributed by atoms with Gasteiger partial charge in [-0.25, -0.2) is 0 Å². The lowest BCUT2D eigenvalue weighted by atomic mass is 10.00. The second-order valence-corrected chi connectivity index (χ2v) is 5.40. The molecule has 0 spiro atoms. The van der Waals surface area contributed by atoms with Crippen molar-refractivity contribution in [3.63, 3.8) is 0 Å². The largest absolute Gasteiger partial charge is 0.416 e. The van der Waals surface area contributed by atoms with Crippen LogP contribution in [0.5, 0.6) is 0 Å². The van der Waals surface area contributed by atoms with Gasteiger partial charge in [-0.2, -0.15) is 24.5 Å². The zero-order valence-electron chi connectivity index (χ0n) is 9.04. The molecule has 0 aliphatic rings. The molecular formula is C12H9BrF3NS. The molecule has 0 aliphatic carbocycles. The van der Waals surface area contributed by atoms with E-state index in [2.05, 4.69) is 15.9 Å². The first-order valence-electron chi connectivity index (χ1n) is 5.04. The molecule has 0 radical (unpaired) electrons. The van der Waals surface area contributed by atoms with Crippen LogP contribution >= 0.6 is 27.3 Å². The molecule has 2 aromatic rings. The predicted octanol–water partition coefficient (Wildman–Crippen LogP) is 4.58. The smallest absolute Gasteiger partial charge is 0.320 e. The molecule has 0 saturated heterocycles. The molecule has 0 bridgehead atoms. The minimum absolute atomic E-state index is 0.434. The monoisotopic (exact) mass is 335 g/mol. The topological polar surface area (TPSA) is 26.0 Å². The summed E-state index contributed by atoms with van der Waals surface area (Å²) in [5.41, 5.74) is 6.53. The van der Waals surface area contributed by atoms with Gasteiger partial charge in [0.15, 0.2) is 0 Å². The summed E-state index contributed by atoms with van der Waals surface area (Å²) in [6.07, 6.45) is -4.36. The standard InChI is InChI=1S/C12H9BrF3NS/c13-10-2-1-8(12(14,15)16)5-9(10)11(17)7-3-4-18-6-7/h1-6,11H,17H2/t11-/m0/s1. The van der Waals surface area contributed by atoms with Crippen molar-refractivity contribution in [3.8, 4) is 0 Å². The van der Waals surface area contributed by atoms with E-state index in [4.69, 9.17) is 5.73 Å². The van der Waals surface area contributed by atoms with Crippen LogP contribution in [0.25, 0.3) is 0 Å².